The fourth-order valence-electron chi connectivity index (χ4n) is 1.96. The lowest BCUT2D eigenvalue weighted by Crippen LogP contribution is -2.29. The summed E-state index contributed by atoms with van der Waals surface area (Å²) >= 11 is 3.27. The van der Waals surface area contributed by atoms with E-state index in [2.05, 4.69) is 15.9 Å². The Balaban J connectivity index is 2.02. The highest BCUT2D eigenvalue weighted by Crippen LogP contribution is 2.21. The summed E-state index contributed by atoms with van der Waals surface area (Å²) < 4.78 is 19.0. The van der Waals surface area contributed by atoms with Gasteiger partial charge in [-0.25, -0.2) is 4.39 Å². The van der Waals surface area contributed by atoms with Crippen LogP contribution in [0.25, 0.3) is 0 Å². The third-order valence-electron chi connectivity index (χ3n) is 2.92. The molecule has 0 bridgehead atoms. The van der Waals surface area contributed by atoms with Gasteiger partial charge in [0.05, 0.1) is 0 Å². The van der Waals surface area contributed by atoms with Crippen molar-refractivity contribution in [3.8, 4) is 0 Å². The molecule has 1 aliphatic rings. The van der Waals surface area contributed by atoms with Gasteiger partial charge in [-0.05, 0) is 37.0 Å². The van der Waals surface area contributed by atoms with Crippen molar-refractivity contribution >= 4 is 21.7 Å². The minimum Gasteiger partial charge on any atom is -0.370 e. The first kappa shape index (κ1) is 12.7. The molecule has 0 aromatic heterocycles. The van der Waals surface area contributed by atoms with Crippen LogP contribution >= 0.6 is 15.9 Å². The molecule has 1 atom stereocenters. The zero-order valence-corrected chi connectivity index (χ0v) is 11.0. The van der Waals surface area contributed by atoms with Crippen molar-refractivity contribution in [1.29, 1.82) is 0 Å². The van der Waals surface area contributed by atoms with Crippen LogP contribution in [-0.2, 0) is 16.0 Å². The smallest absolute Gasteiger partial charge is 0.165 e. The van der Waals surface area contributed by atoms with Crippen molar-refractivity contribution in [3.05, 3.63) is 34.1 Å². The summed E-state index contributed by atoms with van der Waals surface area (Å²) in [5.41, 5.74) is 0.811. The summed E-state index contributed by atoms with van der Waals surface area (Å²) in [6.45, 7) is 0.668. The number of halogens is 2. The second kappa shape index (κ2) is 5.74. The molecule has 0 spiro atoms. The number of rotatable bonds is 3. The standard InChI is InChI=1S/C13H14BrFO2/c14-11-8-10(15)5-4-9(11)7-12(16)13-3-1-2-6-17-13/h4-5,8,13H,1-3,6-7H2. The van der Waals surface area contributed by atoms with E-state index in [1.165, 1.54) is 12.1 Å². The number of benzene rings is 1. The van der Waals surface area contributed by atoms with Crippen LogP contribution in [0.5, 0.6) is 0 Å². The van der Waals surface area contributed by atoms with E-state index < -0.39 is 0 Å². The quantitative estimate of drug-likeness (QED) is 0.856. The highest BCUT2D eigenvalue weighted by Gasteiger charge is 2.22. The van der Waals surface area contributed by atoms with Crippen LogP contribution in [0.2, 0.25) is 0 Å². The molecule has 0 aliphatic carbocycles. The third-order valence-corrected chi connectivity index (χ3v) is 3.66. The first-order valence-electron chi connectivity index (χ1n) is 5.75. The molecule has 0 saturated carbocycles. The van der Waals surface area contributed by atoms with Crippen LogP contribution < -0.4 is 0 Å². The second-order valence-corrected chi connectivity index (χ2v) is 5.09. The third kappa shape index (κ3) is 3.36. The molecule has 17 heavy (non-hydrogen) atoms. The molecular formula is C13H14BrFO2. The maximum atomic E-state index is 12.9. The van der Waals surface area contributed by atoms with Crippen LogP contribution in [-0.4, -0.2) is 18.5 Å². The average molecular weight is 301 g/mol. The van der Waals surface area contributed by atoms with Gasteiger partial charge < -0.3 is 4.74 Å². The van der Waals surface area contributed by atoms with E-state index in [0.717, 1.165) is 24.8 Å². The van der Waals surface area contributed by atoms with Crippen molar-refractivity contribution in [1.82, 2.24) is 0 Å². The van der Waals surface area contributed by atoms with E-state index >= 15 is 0 Å². The minimum atomic E-state index is -0.304. The number of carbonyl (C=O) groups excluding carboxylic acids is 1. The molecule has 0 amide bonds. The molecule has 1 unspecified atom stereocenters. The van der Waals surface area contributed by atoms with Crippen LogP contribution in [0.3, 0.4) is 0 Å². The SMILES string of the molecule is O=C(Cc1ccc(F)cc1Br)C1CCCCO1. The Morgan fingerprint density at radius 1 is 1.47 bits per heavy atom. The van der Waals surface area contributed by atoms with Crippen molar-refractivity contribution in [2.24, 2.45) is 0 Å². The van der Waals surface area contributed by atoms with Gasteiger partial charge in [-0.15, -0.1) is 0 Å². The van der Waals surface area contributed by atoms with Gasteiger partial charge in [0.25, 0.3) is 0 Å². The zero-order chi connectivity index (χ0) is 12.3. The van der Waals surface area contributed by atoms with Crippen molar-refractivity contribution in [2.75, 3.05) is 6.61 Å². The van der Waals surface area contributed by atoms with Gasteiger partial charge in [-0.3, -0.25) is 4.79 Å². The first-order chi connectivity index (χ1) is 8.16. The van der Waals surface area contributed by atoms with Gasteiger partial charge in [-0.1, -0.05) is 22.0 Å². The fraction of sp³-hybridized carbons (Fsp3) is 0.462. The van der Waals surface area contributed by atoms with Crippen LogP contribution in [0.1, 0.15) is 24.8 Å². The summed E-state index contributed by atoms with van der Waals surface area (Å²) in [5, 5.41) is 0. The predicted molar refractivity (Wildman–Crippen MR) is 66.4 cm³/mol. The molecule has 4 heteroatoms. The van der Waals surface area contributed by atoms with E-state index in [-0.39, 0.29) is 17.7 Å². The highest BCUT2D eigenvalue weighted by atomic mass is 79.9. The Hall–Kier alpha value is -0.740. The first-order valence-corrected chi connectivity index (χ1v) is 6.54. The lowest BCUT2D eigenvalue weighted by atomic mass is 10.00. The Bertz CT molecular complexity index is 414. The van der Waals surface area contributed by atoms with Gasteiger partial charge in [0.15, 0.2) is 5.78 Å². The van der Waals surface area contributed by atoms with Crippen LogP contribution in [0.4, 0.5) is 4.39 Å². The normalized spacial score (nSPS) is 20.2. The number of hydrogen-bond acceptors (Lipinski definition) is 2. The fourth-order valence-corrected chi connectivity index (χ4v) is 2.45. The Morgan fingerprint density at radius 2 is 2.29 bits per heavy atom. The summed E-state index contributed by atoms with van der Waals surface area (Å²) in [5.74, 6) is -0.223. The van der Waals surface area contributed by atoms with Crippen LogP contribution in [0, 0.1) is 5.82 Å². The maximum absolute atomic E-state index is 12.9. The van der Waals surface area contributed by atoms with E-state index in [0.29, 0.717) is 17.5 Å². The molecule has 0 radical (unpaired) electrons. The number of Topliss-reactive ketones (excluding diaryl/α,β-unsaturated/α-hetero) is 1. The average Bonchev–Trinajstić information content (AvgIpc) is 2.34. The van der Waals surface area contributed by atoms with E-state index in [4.69, 9.17) is 4.74 Å². The van der Waals surface area contributed by atoms with Gasteiger partial charge in [-0.2, -0.15) is 0 Å². The summed E-state index contributed by atoms with van der Waals surface area (Å²) in [6, 6.07) is 4.39. The monoisotopic (exact) mass is 300 g/mol. The number of carbonyl (C=O) groups is 1. The van der Waals surface area contributed by atoms with Gasteiger partial charge in [0, 0.05) is 17.5 Å². The maximum Gasteiger partial charge on any atom is 0.165 e. The lowest BCUT2D eigenvalue weighted by Gasteiger charge is -2.21. The van der Waals surface area contributed by atoms with Gasteiger partial charge >= 0.3 is 0 Å². The summed E-state index contributed by atoms with van der Waals surface area (Å²) in [7, 11) is 0. The Morgan fingerprint density at radius 3 is 2.94 bits per heavy atom. The molecule has 92 valence electrons. The minimum absolute atomic E-state index is 0.0806. The molecule has 1 aliphatic heterocycles. The Labute approximate surface area is 108 Å². The second-order valence-electron chi connectivity index (χ2n) is 4.23. The van der Waals surface area contributed by atoms with E-state index in [9.17, 15) is 9.18 Å². The largest absolute Gasteiger partial charge is 0.370 e. The topological polar surface area (TPSA) is 26.3 Å². The molecule has 1 aromatic rings. The molecule has 1 aromatic carbocycles. The highest BCUT2D eigenvalue weighted by molar-refractivity contribution is 9.10. The van der Waals surface area contributed by atoms with Crippen molar-refractivity contribution < 1.29 is 13.9 Å². The van der Waals surface area contributed by atoms with Crippen LogP contribution in [0.15, 0.2) is 22.7 Å². The van der Waals surface area contributed by atoms with E-state index in [1.807, 2.05) is 0 Å². The Kier molecular flexibility index (Phi) is 4.29. The van der Waals surface area contributed by atoms with Gasteiger partial charge in [0.1, 0.15) is 11.9 Å². The number of ketones is 1. The number of ether oxygens (including phenoxy) is 1. The van der Waals surface area contributed by atoms with Crippen molar-refractivity contribution in [2.45, 2.75) is 31.8 Å². The van der Waals surface area contributed by atoms with E-state index in [1.54, 1.807) is 6.07 Å². The van der Waals surface area contributed by atoms with Crippen molar-refractivity contribution in [3.63, 3.8) is 0 Å². The molecule has 1 heterocycles. The summed E-state index contributed by atoms with van der Waals surface area (Å²) in [4.78, 5) is 12.0. The van der Waals surface area contributed by atoms with Gasteiger partial charge in [0.2, 0.25) is 0 Å². The molecule has 1 saturated heterocycles. The molecule has 2 rings (SSSR count). The number of hydrogen-bond donors (Lipinski definition) is 0. The zero-order valence-electron chi connectivity index (χ0n) is 9.42. The molecule has 2 nitrogen and oxygen atoms in total. The lowest BCUT2D eigenvalue weighted by molar-refractivity contribution is -0.132. The molecule has 0 N–H and O–H groups in total. The molecular weight excluding hydrogens is 287 g/mol. The molecule has 1 fully saturated rings. The predicted octanol–water partition coefficient (Wildman–Crippen LogP) is 3.27. The summed E-state index contributed by atoms with van der Waals surface area (Å²) in [6.07, 6.45) is 2.90.